The van der Waals surface area contributed by atoms with Gasteiger partial charge in [0.15, 0.2) is 11.5 Å². The van der Waals surface area contributed by atoms with Gasteiger partial charge < -0.3 is 28.4 Å². The van der Waals surface area contributed by atoms with Crippen molar-refractivity contribution in [1.29, 1.82) is 0 Å². The highest BCUT2D eigenvalue weighted by Gasteiger charge is 2.54. The third-order valence-electron chi connectivity index (χ3n) is 13.3. The van der Waals surface area contributed by atoms with Crippen molar-refractivity contribution in [2.24, 2.45) is 35.5 Å². The second-order valence-electron chi connectivity index (χ2n) is 16.6. The van der Waals surface area contributed by atoms with E-state index >= 15 is 0 Å². The van der Waals surface area contributed by atoms with E-state index in [0.29, 0.717) is 39.6 Å². The highest BCUT2D eigenvalue weighted by Crippen LogP contribution is 2.64. The molecule has 0 aromatic heterocycles. The minimum Gasteiger partial charge on any atom is -0.491 e. The molecule has 0 spiro atoms. The van der Waals surface area contributed by atoms with Gasteiger partial charge in [-0.15, -0.1) is 0 Å². The van der Waals surface area contributed by atoms with E-state index in [1.54, 1.807) is 12.5 Å². The quantitative estimate of drug-likeness (QED) is 0.197. The molecule has 8 bridgehead atoms. The molecule has 2 heterocycles. The van der Waals surface area contributed by atoms with E-state index in [1.807, 2.05) is 0 Å². The van der Waals surface area contributed by atoms with Crippen LogP contribution in [0.3, 0.4) is 0 Å². The molecule has 2 aliphatic heterocycles. The van der Waals surface area contributed by atoms with Crippen molar-refractivity contribution in [1.82, 2.24) is 0 Å². The Balaban J connectivity index is 1.04. The van der Waals surface area contributed by atoms with Gasteiger partial charge in [-0.2, -0.15) is 0 Å². The molecule has 2 aromatic carbocycles. The van der Waals surface area contributed by atoms with Gasteiger partial charge in [0.25, 0.3) is 0 Å². The van der Waals surface area contributed by atoms with E-state index in [9.17, 15) is 0 Å². The van der Waals surface area contributed by atoms with Crippen LogP contribution in [0.4, 0.5) is 0 Å². The van der Waals surface area contributed by atoms with Gasteiger partial charge in [0.2, 0.25) is 0 Å². The van der Waals surface area contributed by atoms with Gasteiger partial charge in [-0.3, -0.25) is 0 Å². The molecule has 12 rings (SSSR count). The Morgan fingerprint density at radius 3 is 1.54 bits per heavy atom. The fraction of sp³-hybridized carbons (Fsp3) is 0.650. The van der Waals surface area contributed by atoms with Crippen LogP contribution in [0.2, 0.25) is 0 Å². The molecule has 0 amide bonds. The Labute approximate surface area is 272 Å². The predicted octanol–water partition coefficient (Wildman–Crippen LogP) is 8.31. The Hall–Kier alpha value is -2.70. The largest absolute Gasteiger partial charge is 0.491 e. The van der Waals surface area contributed by atoms with Gasteiger partial charge in [0.1, 0.15) is 50.5 Å². The molecule has 0 atom stereocenters. The monoisotopic (exact) mass is 624 g/mol. The summed E-state index contributed by atoms with van der Waals surface area (Å²) in [6.07, 6.45) is 20.0. The van der Waals surface area contributed by atoms with Gasteiger partial charge in [-0.05, 0) is 141 Å². The predicted molar refractivity (Wildman–Crippen MR) is 175 cm³/mol. The van der Waals surface area contributed by atoms with Crippen LogP contribution in [0.1, 0.15) is 88.2 Å². The van der Waals surface area contributed by atoms with Crippen LogP contribution in [-0.4, -0.2) is 39.6 Å². The van der Waals surface area contributed by atoms with Crippen LogP contribution >= 0.6 is 0 Å². The van der Waals surface area contributed by atoms with Crippen molar-refractivity contribution in [3.8, 4) is 11.5 Å². The maximum atomic E-state index is 6.93. The molecule has 0 N–H and O–H groups in total. The number of ether oxygens (including phenoxy) is 6. The van der Waals surface area contributed by atoms with Crippen molar-refractivity contribution >= 4 is 10.8 Å². The zero-order valence-electron chi connectivity index (χ0n) is 27.1. The first-order valence-electron chi connectivity index (χ1n) is 18.3. The molecule has 2 aromatic rings. The summed E-state index contributed by atoms with van der Waals surface area (Å²) in [5, 5.41) is 2.51. The molecule has 0 unspecified atom stereocenters. The first-order valence-corrected chi connectivity index (χ1v) is 18.3. The average molecular weight is 625 g/mol. The summed E-state index contributed by atoms with van der Waals surface area (Å²) in [6.45, 7) is 3.28. The van der Waals surface area contributed by atoms with Crippen LogP contribution < -0.4 is 9.47 Å². The van der Waals surface area contributed by atoms with Crippen LogP contribution in [0.25, 0.3) is 10.8 Å². The number of hydrogen-bond acceptors (Lipinski definition) is 6. The van der Waals surface area contributed by atoms with E-state index in [1.165, 1.54) is 98.9 Å². The first-order chi connectivity index (χ1) is 22.6. The molecule has 6 nitrogen and oxygen atoms in total. The lowest BCUT2D eigenvalue weighted by Crippen LogP contribution is -2.49. The number of hydrogen-bond donors (Lipinski definition) is 0. The third-order valence-corrected chi connectivity index (χ3v) is 13.3. The zero-order chi connectivity index (χ0) is 30.3. The SMILES string of the molecule is C1=C(COCCOc2cc3ccc(C45CC6CC(CC(C6)C4)C5)c(OCCOCC4=CO4)c3cc2C23CC4CC(CC(C4)C2)C3)O1. The van der Waals surface area contributed by atoms with Crippen LogP contribution in [0, 0.1) is 35.5 Å². The molecule has 244 valence electrons. The molecule has 8 aliphatic carbocycles. The van der Waals surface area contributed by atoms with Crippen molar-refractivity contribution in [2.75, 3.05) is 39.6 Å². The standard InChI is InChI=1S/C40H48O6/c1-2-35(39-15-25-7-26(16-39)9-27(8-25)17-39)38(44-6-4-42-22-33-24-46-33)34-14-36(40-18-28-10-29(19-40)12-30(11-28)20-40)37(13-31(1)34)43-5-3-41-21-32-23-45-32/h1-2,13-14,23-30H,3-12,15-22H2. The van der Waals surface area contributed by atoms with Gasteiger partial charge in [-0.1, -0.05) is 12.1 Å². The molecular formula is C40H48O6. The second kappa shape index (κ2) is 10.9. The van der Waals surface area contributed by atoms with E-state index in [2.05, 4.69) is 24.3 Å². The molecule has 0 radical (unpaired) electrons. The van der Waals surface area contributed by atoms with E-state index in [0.717, 1.165) is 58.5 Å². The summed E-state index contributed by atoms with van der Waals surface area (Å²) in [4.78, 5) is 0. The van der Waals surface area contributed by atoms with Crippen molar-refractivity contribution in [3.05, 3.63) is 59.4 Å². The number of rotatable bonds is 14. The molecule has 0 saturated heterocycles. The summed E-state index contributed by atoms with van der Waals surface area (Å²) in [6, 6.07) is 9.71. The summed E-state index contributed by atoms with van der Waals surface area (Å²) in [7, 11) is 0. The Bertz CT molecular complexity index is 1520. The lowest BCUT2D eigenvalue weighted by Gasteiger charge is -2.57. The Morgan fingerprint density at radius 1 is 0.565 bits per heavy atom. The summed E-state index contributed by atoms with van der Waals surface area (Å²) < 4.78 is 35.7. The molecule has 8 saturated carbocycles. The highest BCUT2D eigenvalue weighted by molar-refractivity contribution is 5.92. The minimum atomic E-state index is 0.209. The van der Waals surface area contributed by atoms with Gasteiger partial charge in [0.05, 0.1) is 13.2 Å². The zero-order valence-corrected chi connectivity index (χ0v) is 27.1. The summed E-state index contributed by atoms with van der Waals surface area (Å²) in [5.41, 5.74) is 3.37. The minimum absolute atomic E-state index is 0.209. The highest BCUT2D eigenvalue weighted by atomic mass is 16.6. The Kier molecular flexibility index (Phi) is 6.72. The smallest absolute Gasteiger partial charge is 0.164 e. The van der Waals surface area contributed by atoms with Crippen molar-refractivity contribution < 1.29 is 28.4 Å². The first kappa shape index (κ1) is 28.3. The van der Waals surface area contributed by atoms with E-state index < -0.39 is 0 Å². The number of fused-ring (bicyclic) bond motifs is 1. The van der Waals surface area contributed by atoms with Crippen LogP contribution in [0.5, 0.6) is 11.5 Å². The summed E-state index contributed by atoms with van der Waals surface area (Å²) in [5.74, 6) is 9.28. The molecule has 46 heavy (non-hydrogen) atoms. The topological polar surface area (TPSA) is 62.0 Å². The summed E-state index contributed by atoms with van der Waals surface area (Å²) >= 11 is 0. The molecular weight excluding hydrogens is 576 g/mol. The normalized spacial score (nSPS) is 37.1. The number of benzene rings is 2. The fourth-order valence-corrected chi connectivity index (χ4v) is 12.3. The van der Waals surface area contributed by atoms with Gasteiger partial charge in [0, 0.05) is 16.5 Å². The lowest BCUT2D eigenvalue weighted by molar-refractivity contribution is -0.00674. The second-order valence-corrected chi connectivity index (χ2v) is 16.6. The van der Waals surface area contributed by atoms with Crippen molar-refractivity contribution in [2.45, 2.75) is 87.9 Å². The van der Waals surface area contributed by atoms with E-state index in [4.69, 9.17) is 28.4 Å². The molecule has 6 heteroatoms. The van der Waals surface area contributed by atoms with Crippen LogP contribution in [0.15, 0.2) is 48.3 Å². The average Bonchev–Trinajstić information content (AvgIpc) is 3.95. The Morgan fingerprint density at radius 2 is 1.04 bits per heavy atom. The third kappa shape index (κ3) is 5.13. The van der Waals surface area contributed by atoms with E-state index in [-0.39, 0.29) is 10.8 Å². The van der Waals surface area contributed by atoms with Gasteiger partial charge >= 0.3 is 0 Å². The van der Waals surface area contributed by atoms with Gasteiger partial charge in [-0.25, -0.2) is 0 Å². The lowest BCUT2D eigenvalue weighted by atomic mass is 9.47. The maximum Gasteiger partial charge on any atom is 0.164 e. The molecule has 10 aliphatic rings. The fourth-order valence-electron chi connectivity index (χ4n) is 12.3. The maximum absolute atomic E-state index is 6.93. The molecule has 8 fully saturated rings. The van der Waals surface area contributed by atoms with Crippen LogP contribution in [-0.2, 0) is 29.8 Å². The van der Waals surface area contributed by atoms with Crippen molar-refractivity contribution in [3.63, 3.8) is 0 Å².